The molecule has 1 rings (SSSR count). The van der Waals surface area contributed by atoms with Crippen LogP contribution in [0.15, 0.2) is 16.7 Å². The summed E-state index contributed by atoms with van der Waals surface area (Å²) in [5.41, 5.74) is -0.0324. The number of carboxylic acids is 1. The average molecular weight is 232 g/mol. The molecule has 0 bridgehead atoms. The maximum absolute atomic E-state index is 10.4. The first kappa shape index (κ1) is 8.99. The summed E-state index contributed by atoms with van der Waals surface area (Å²) in [6, 6.07) is 1.35. The Kier molecular flexibility index (Phi) is 2.65. The molecule has 0 aliphatic rings. The lowest BCUT2D eigenvalue weighted by atomic mass is 10.3. The fraction of sp³-hybridized carbons (Fsp3) is 0.143. The van der Waals surface area contributed by atoms with Gasteiger partial charge in [0.2, 0.25) is 0 Å². The highest BCUT2D eigenvalue weighted by molar-refractivity contribution is 9.10. The molecule has 0 unspecified atom stereocenters. The number of methoxy groups -OCH3 is 1. The zero-order valence-electron chi connectivity index (χ0n) is 6.24. The minimum atomic E-state index is -1.07. The van der Waals surface area contributed by atoms with Gasteiger partial charge in [-0.1, -0.05) is 0 Å². The van der Waals surface area contributed by atoms with Gasteiger partial charge in [-0.05, 0) is 15.9 Å². The van der Waals surface area contributed by atoms with E-state index in [-0.39, 0.29) is 5.69 Å². The van der Waals surface area contributed by atoms with Gasteiger partial charge < -0.3 is 9.84 Å². The van der Waals surface area contributed by atoms with E-state index in [1.165, 1.54) is 19.4 Å². The molecule has 1 aromatic heterocycles. The van der Waals surface area contributed by atoms with E-state index < -0.39 is 5.97 Å². The van der Waals surface area contributed by atoms with E-state index >= 15 is 0 Å². The fourth-order valence-corrected chi connectivity index (χ4v) is 1.07. The van der Waals surface area contributed by atoms with Crippen molar-refractivity contribution in [1.29, 1.82) is 0 Å². The SMILES string of the molecule is COc1cc(C(=O)O)ncc1Br. The van der Waals surface area contributed by atoms with E-state index in [9.17, 15) is 4.79 Å². The number of pyridine rings is 1. The number of carboxylic acid groups (broad SMARTS) is 1. The van der Waals surface area contributed by atoms with Crippen LogP contribution in [0.4, 0.5) is 0 Å². The van der Waals surface area contributed by atoms with Crippen molar-refractivity contribution < 1.29 is 14.6 Å². The van der Waals surface area contributed by atoms with Crippen LogP contribution in [-0.4, -0.2) is 23.2 Å². The molecule has 0 spiro atoms. The predicted octanol–water partition coefficient (Wildman–Crippen LogP) is 1.55. The largest absolute Gasteiger partial charge is 0.495 e. The minimum absolute atomic E-state index is 0.0324. The van der Waals surface area contributed by atoms with Gasteiger partial charge in [0.15, 0.2) is 5.69 Å². The van der Waals surface area contributed by atoms with Gasteiger partial charge in [0, 0.05) is 12.3 Å². The van der Waals surface area contributed by atoms with Gasteiger partial charge in [0.1, 0.15) is 5.75 Å². The standard InChI is InChI=1S/C7H6BrNO3/c1-12-6-2-5(7(10)11)9-3-4(6)8/h2-3H,1H3,(H,10,11). The van der Waals surface area contributed by atoms with E-state index in [1.54, 1.807) is 0 Å². The minimum Gasteiger partial charge on any atom is -0.495 e. The third kappa shape index (κ3) is 1.73. The van der Waals surface area contributed by atoms with Crippen molar-refractivity contribution in [3.8, 4) is 5.75 Å². The van der Waals surface area contributed by atoms with Gasteiger partial charge in [0.25, 0.3) is 0 Å². The van der Waals surface area contributed by atoms with Crippen LogP contribution in [0.3, 0.4) is 0 Å². The van der Waals surface area contributed by atoms with Crippen molar-refractivity contribution in [2.75, 3.05) is 7.11 Å². The quantitative estimate of drug-likeness (QED) is 0.840. The van der Waals surface area contributed by atoms with Crippen molar-refractivity contribution in [3.05, 3.63) is 22.4 Å². The zero-order valence-corrected chi connectivity index (χ0v) is 7.83. The van der Waals surface area contributed by atoms with Crippen LogP contribution < -0.4 is 4.74 Å². The summed E-state index contributed by atoms with van der Waals surface area (Å²) in [5.74, 6) is -0.608. The van der Waals surface area contributed by atoms with Crippen molar-refractivity contribution in [2.45, 2.75) is 0 Å². The summed E-state index contributed by atoms with van der Waals surface area (Å²) in [5, 5.41) is 8.56. The molecular formula is C7H6BrNO3. The second-order valence-electron chi connectivity index (χ2n) is 2.01. The third-order valence-corrected chi connectivity index (χ3v) is 1.85. The number of halogens is 1. The Labute approximate surface area is 77.3 Å². The molecule has 0 saturated carbocycles. The predicted molar refractivity (Wildman–Crippen MR) is 45.4 cm³/mol. The van der Waals surface area contributed by atoms with Crippen molar-refractivity contribution >= 4 is 21.9 Å². The lowest BCUT2D eigenvalue weighted by Gasteiger charge is -2.02. The molecule has 0 aliphatic heterocycles. The highest BCUT2D eigenvalue weighted by Gasteiger charge is 2.07. The van der Waals surface area contributed by atoms with Crippen LogP contribution in [0, 0.1) is 0 Å². The van der Waals surface area contributed by atoms with E-state index in [2.05, 4.69) is 20.9 Å². The summed E-state index contributed by atoms with van der Waals surface area (Å²) in [4.78, 5) is 14.1. The highest BCUT2D eigenvalue weighted by atomic mass is 79.9. The molecule has 0 fully saturated rings. The van der Waals surface area contributed by atoms with Crippen LogP contribution >= 0.6 is 15.9 Å². The van der Waals surface area contributed by atoms with E-state index in [0.717, 1.165) is 0 Å². The van der Waals surface area contributed by atoms with Crippen molar-refractivity contribution in [2.24, 2.45) is 0 Å². The monoisotopic (exact) mass is 231 g/mol. The molecule has 64 valence electrons. The number of rotatable bonds is 2. The first-order valence-electron chi connectivity index (χ1n) is 3.08. The number of aromatic nitrogens is 1. The summed E-state index contributed by atoms with van der Waals surface area (Å²) in [6.07, 6.45) is 1.39. The maximum Gasteiger partial charge on any atom is 0.354 e. The molecule has 1 aromatic rings. The van der Waals surface area contributed by atoms with Crippen molar-refractivity contribution in [3.63, 3.8) is 0 Å². The molecule has 0 radical (unpaired) electrons. The van der Waals surface area contributed by atoms with Crippen molar-refractivity contribution in [1.82, 2.24) is 4.98 Å². The molecule has 1 heterocycles. The van der Waals surface area contributed by atoms with Crippen LogP contribution in [0.5, 0.6) is 5.75 Å². The molecule has 12 heavy (non-hydrogen) atoms. The Morgan fingerprint density at radius 2 is 2.42 bits per heavy atom. The topological polar surface area (TPSA) is 59.4 Å². The van der Waals surface area contributed by atoms with Gasteiger partial charge in [0.05, 0.1) is 11.6 Å². The maximum atomic E-state index is 10.4. The molecule has 1 N–H and O–H groups in total. The summed E-state index contributed by atoms with van der Waals surface area (Å²) in [6.45, 7) is 0. The Balaban J connectivity index is 3.13. The van der Waals surface area contributed by atoms with Gasteiger partial charge >= 0.3 is 5.97 Å². The first-order chi connectivity index (χ1) is 5.65. The number of nitrogens with zero attached hydrogens (tertiary/aromatic N) is 1. The second-order valence-corrected chi connectivity index (χ2v) is 2.86. The van der Waals surface area contributed by atoms with Crippen LogP contribution in [0.1, 0.15) is 10.5 Å². The fourth-order valence-electron chi connectivity index (χ4n) is 0.694. The van der Waals surface area contributed by atoms with Gasteiger partial charge in [-0.3, -0.25) is 0 Å². The lowest BCUT2D eigenvalue weighted by Crippen LogP contribution is -2.00. The van der Waals surface area contributed by atoms with Gasteiger partial charge in [-0.25, -0.2) is 9.78 Å². The number of ether oxygens (including phenoxy) is 1. The van der Waals surface area contributed by atoms with Crippen LogP contribution in [0.2, 0.25) is 0 Å². The first-order valence-corrected chi connectivity index (χ1v) is 3.87. The summed E-state index contributed by atoms with van der Waals surface area (Å²) >= 11 is 3.16. The Bertz CT molecular complexity index is 314. The van der Waals surface area contributed by atoms with Crippen LogP contribution in [0.25, 0.3) is 0 Å². The highest BCUT2D eigenvalue weighted by Crippen LogP contribution is 2.23. The number of hydrogen-bond donors (Lipinski definition) is 1. The molecule has 0 saturated heterocycles. The number of aromatic carboxylic acids is 1. The summed E-state index contributed by atoms with van der Waals surface area (Å²) < 4.78 is 5.52. The molecule has 0 amide bonds. The summed E-state index contributed by atoms with van der Waals surface area (Å²) in [7, 11) is 1.46. The average Bonchev–Trinajstić information content (AvgIpc) is 2.05. The normalized spacial score (nSPS) is 9.50. The molecular weight excluding hydrogens is 226 g/mol. The molecule has 0 aliphatic carbocycles. The van der Waals surface area contributed by atoms with Gasteiger partial charge in [-0.15, -0.1) is 0 Å². The molecule has 0 atom stereocenters. The van der Waals surface area contributed by atoms with Gasteiger partial charge in [-0.2, -0.15) is 0 Å². The molecule has 5 heteroatoms. The van der Waals surface area contributed by atoms with E-state index in [0.29, 0.717) is 10.2 Å². The molecule has 0 aromatic carbocycles. The second kappa shape index (κ2) is 3.53. The Morgan fingerprint density at radius 1 is 1.75 bits per heavy atom. The lowest BCUT2D eigenvalue weighted by molar-refractivity contribution is 0.0690. The van der Waals surface area contributed by atoms with E-state index in [1.807, 2.05) is 0 Å². The number of carbonyl (C=O) groups is 1. The van der Waals surface area contributed by atoms with E-state index in [4.69, 9.17) is 9.84 Å². The number of hydrogen-bond acceptors (Lipinski definition) is 3. The smallest absolute Gasteiger partial charge is 0.354 e. The Morgan fingerprint density at radius 3 is 2.92 bits per heavy atom. The third-order valence-electron chi connectivity index (χ3n) is 1.26. The Hall–Kier alpha value is -1.10. The molecule has 4 nitrogen and oxygen atoms in total. The zero-order chi connectivity index (χ0) is 9.14. The van der Waals surface area contributed by atoms with Crippen LogP contribution in [-0.2, 0) is 0 Å².